The number of methoxy groups -OCH3 is 2. The molecule has 0 radical (unpaired) electrons. The Hall–Kier alpha value is -3.52. The van der Waals surface area contributed by atoms with Crippen LogP contribution in [0.15, 0.2) is 59.8 Å². The number of fused-ring (bicyclic) bond motifs is 1. The van der Waals surface area contributed by atoms with Crippen LogP contribution in [0.2, 0.25) is 0 Å². The molecule has 170 valence electrons. The van der Waals surface area contributed by atoms with Crippen molar-refractivity contribution in [2.24, 2.45) is 0 Å². The first kappa shape index (κ1) is 22.7. The van der Waals surface area contributed by atoms with Gasteiger partial charge < -0.3 is 14.8 Å². The molecule has 1 N–H and O–H groups in total. The first-order valence-corrected chi connectivity index (χ1v) is 11.5. The molecule has 0 aliphatic heterocycles. The van der Waals surface area contributed by atoms with Gasteiger partial charge in [-0.15, -0.1) is 0 Å². The Balaban J connectivity index is 1.51. The van der Waals surface area contributed by atoms with Crippen LogP contribution in [0.4, 0.5) is 0 Å². The van der Waals surface area contributed by atoms with Gasteiger partial charge in [-0.05, 0) is 43.2 Å². The summed E-state index contributed by atoms with van der Waals surface area (Å²) in [7, 11) is 3.22. The Morgan fingerprint density at radius 2 is 1.79 bits per heavy atom. The fourth-order valence-corrected chi connectivity index (χ4v) is 4.35. The number of thioether (sulfide) groups is 1. The van der Waals surface area contributed by atoms with E-state index in [1.807, 2.05) is 62.4 Å². The molecule has 8 heteroatoms. The van der Waals surface area contributed by atoms with Gasteiger partial charge in [0.25, 0.3) is 0 Å². The molecule has 0 aliphatic rings. The number of carbonyl (C=O) groups is 1. The van der Waals surface area contributed by atoms with E-state index >= 15 is 0 Å². The molecule has 0 spiro atoms. The van der Waals surface area contributed by atoms with Crippen LogP contribution in [0.1, 0.15) is 16.8 Å². The predicted octanol–water partition coefficient (Wildman–Crippen LogP) is 4.44. The van der Waals surface area contributed by atoms with Gasteiger partial charge in [-0.2, -0.15) is 5.10 Å². The van der Waals surface area contributed by atoms with Crippen LogP contribution in [0, 0.1) is 13.8 Å². The summed E-state index contributed by atoms with van der Waals surface area (Å²) in [5.74, 6) is 1.56. The standard InChI is InChI=1S/C25H26N4O3S/c1-16-5-7-18(8-6-16)13-26-23(30)15-33-24-11-17(2)28-25-20(14-27-29(24)25)19-9-10-21(31-3)22(12-19)32-4/h5-12,14H,13,15H2,1-4H3,(H,26,30). The number of hydrogen-bond acceptors (Lipinski definition) is 6. The number of nitrogens with one attached hydrogen (secondary N) is 1. The molecule has 4 aromatic rings. The van der Waals surface area contributed by atoms with Crippen LogP contribution in [-0.2, 0) is 11.3 Å². The number of ether oxygens (including phenoxy) is 2. The lowest BCUT2D eigenvalue weighted by atomic mass is 10.1. The van der Waals surface area contributed by atoms with Crippen molar-refractivity contribution >= 4 is 23.3 Å². The lowest BCUT2D eigenvalue weighted by Crippen LogP contribution is -2.24. The first-order valence-electron chi connectivity index (χ1n) is 10.5. The molecule has 0 bridgehead atoms. The lowest BCUT2D eigenvalue weighted by Gasteiger charge is -2.10. The molecule has 0 fully saturated rings. The Labute approximate surface area is 197 Å². The van der Waals surface area contributed by atoms with E-state index in [0.717, 1.165) is 33.1 Å². The summed E-state index contributed by atoms with van der Waals surface area (Å²) in [6, 6.07) is 15.8. The Morgan fingerprint density at radius 3 is 2.52 bits per heavy atom. The Bertz CT molecular complexity index is 1290. The fraction of sp³-hybridized carbons (Fsp3) is 0.240. The molecule has 0 aliphatic carbocycles. The minimum atomic E-state index is -0.0320. The third-order valence-electron chi connectivity index (χ3n) is 5.22. The summed E-state index contributed by atoms with van der Waals surface area (Å²) in [4.78, 5) is 17.1. The SMILES string of the molecule is COc1ccc(-c2cnn3c(SCC(=O)NCc4ccc(C)cc4)cc(C)nc23)cc1OC. The van der Waals surface area contributed by atoms with Gasteiger partial charge in [0.1, 0.15) is 5.03 Å². The molecule has 0 unspecified atom stereocenters. The summed E-state index contributed by atoms with van der Waals surface area (Å²) >= 11 is 1.44. The average molecular weight is 463 g/mol. The highest BCUT2D eigenvalue weighted by Gasteiger charge is 2.15. The highest BCUT2D eigenvalue weighted by Crippen LogP contribution is 2.34. The highest BCUT2D eigenvalue weighted by atomic mass is 32.2. The van der Waals surface area contributed by atoms with E-state index < -0.39 is 0 Å². The van der Waals surface area contributed by atoms with Crippen molar-refractivity contribution in [1.29, 1.82) is 0 Å². The van der Waals surface area contributed by atoms with E-state index in [1.54, 1.807) is 24.9 Å². The van der Waals surface area contributed by atoms with Crippen molar-refractivity contribution in [2.75, 3.05) is 20.0 Å². The van der Waals surface area contributed by atoms with E-state index in [-0.39, 0.29) is 11.7 Å². The largest absolute Gasteiger partial charge is 0.493 e. The average Bonchev–Trinajstić information content (AvgIpc) is 3.25. The van der Waals surface area contributed by atoms with Gasteiger partial charge in [0.2, 0.25) is 5.91 Å². The van der Waals surface area contributed by atoms with Crippen molar-refractivity contribution < 1.29 is 14.3 Å². The van der Waals surface area contributed by atoms with Crippen LogP contribution in [0.3, 0.4) is 0 Å². The van der Waals surface area contributed by atoms with Crippen molar-refractivity contribution in [3.05, 3.63) is 71.5 Å². The zero-order valence-corrected chi connectivity index (χ0v) is 19.9. The van der Waals surface area contributed by atoms with Crippen LogP contribution in [0.5, 0.6) is 11.5 Å². The summed E-state index contributed by atoms with van der Waals surface area (Å²) in [5, 5.41) is 8.37. The van der Waals surface area contributed by atoms with E-state index in [1.165, 1.54) is 17.3 Å². The summed E-state index contributed by atoms with van der Waals surface area (Å²) in [5.41, 5.74) is 5.66. The maximum absolute atomic E-state index is 12.4. The molecule has 0 saturated carbocycles. The van der Waals surface area contributed by atoms with Gasteiger partial charge in [0.15, 0.2) is 17.1 Å². The second-order valence-corrected chi connectivity index (χ2v) is 8.65. The van der Waals surface area contributed by atoms with Gasteiger partial charge >= 0.3 is 0 Å². The number of amides is 1. The molecule has 33 heavy (non-hydrogen) atoms. The molecule has 2 aromatic carbocycles. The maximum atomic E-state index is 12.4. The maximum Gasteiger partial charge on any atom is 0.230 e. The lowest BCUT2D eigenvalue weighted by molar-refractivity contribution is -0.118. The Kier molecular flexibility index (Phi) is 6.84. The van der Waals surface area contributed by atoms with Crippen LogP contribution < -0.4 is 14.8 Å². The number of nitrogens with zero attached hydrogens (tertiary/aromatic N) is 3. The van der Waals surface area contributed by atoms with E-state index in [2.05, 4.69) is 10.4 Å². The van der Waals surface area contributed by atoms with Gasteiger partial charge in [0.05, 0.1) is 26.2 Å². The fourth-order valence-electron chi connectivity index (χ4n) is 3.46. The minimum Gasteiger partial charge on any atom is -0.493 e. The van der Waals surface area contributed by atoms with Crippen molar-refractivity contribution in [1.82, 2.24) is 19.9 Å². The number of carbonyl (C=O) groups excluding carboxylic acids is 1. The van der Waals surface area contributed by atoms with E-state index in [4.69, 9.17) is 14.5 Å². The second kappa shape index (κ2) is 9.95. The normalized spacial score (nSPS) is 10.9. The molecular formula is C25H26N4O3S. The van der Waals surface area contributed by atoms with Gasteiger partial charge in [-0.3, -0.25) is 4.79 Å². The number of hydrogen-bond donors (Lipinski definition) is 1. The van der Waals surface area contributed by atoms with Crippen molar-refractivity contribution in [2.45, 2.75) is 25.4 Å². The molecule has 0 atom stereocenters. The number of rotatable bonds is 8. The summed E-state index contributed by atoms with van der Waals surface area (Å²) < 4.78 is 12.6. The van der Waals surface area contributed by atoms with E-state index in [0.29, 0.717) is 18.0 Å². The molecular weight excluding hydrogens is 436 g/mol. The monoisotopic (exact) mass is 462 g/mol. The molecule has 0 saturated heterocycles. The number of aryl methyl sites for hydroxylation is 2. The number of aromatic nitrogens is 3. The number of benzene rings is 2. The topological polar surface area (TPSA) is 77.8 Å². The quantitative estimate of drug-likeness (QED) is 0.308. The molecule has 2 aromatic heterocycles. The van der Waals surface area contributed by atoms with Gasteiger partial charge in [-0.1, -0.05) is 47.7 Å². The first-order chi connectivity index (χ1) is 16.0. The molecule has 1 amide bonds. The van der Waals surface area contributed by atoms with Crippen LogP contribution >= 0.6 is 11.8 Å². The Morgan fingerprint density at radius 1 is 1.03 bits per heavy atom. The predicted molar refractivity (Wildman–Crippen MR) is 130 cm³/mol. The highest BCUT2D eigenvalue weighted by molar-refractivity contribution is 7.99. The smallest absolute Gasteiger partial charge is 0.230 e. The molecule has 2 heterocycles. The van der Waals surface area contributed by atoms with E-state index in [9.17, 15) is 4.79 Å². The summed E-state index contributed by atoms with van der Waals surface area (Å²) in [6.07, 6.45) is 1.78. The summed E-state index contributed by atoms with van der Waals surface area (Å²) in [6.45, 7) is 4.49. The second-order valence-electron chi connectivity index (χ2n) is 7.65. The van der Waals surface area contributed by atoms with Gasteiger partial charge in [0, 0.05) is 17.8 Å². The third kappa shape index (κ3) is 5.12. The van der Waals surface area contributed by atoms with Crippen molar-refractivity contribution in [3.8, 4) is 22.6 Å². The molecule has 4 rings (SSSR count). The van der Waals surface area contributed by atoms with Crippen LogP contribution in [0.25, 0.3) is 16.8 Å². The minimum absolute atomic E-state index is 0.0320. The van der Waals surface area contributed by atoms with Gasteiger partial charge in [-0.25, -0.2) is 9.50 Å². The third-order valence-corrected chi connectivity index (χ3v) is 6.22. The zero-order valence-electron chi connectivity index (χ0n) is 19.1. The van der Waals surface area contributed by atoms with Crippen molar-refractivity contribution in [3.63, 3.8) is 0 Å². The molecule has 7 nitrogen and oxygen atoms in total. The van der Waals surface area contributed by atoms with Crippen LogP contribution in [-0.4, -0.2) is 40.5 Å². The zero-order chi connectivity index (χ0) is 23.4.